The summed E-state index contributed by atoms with van der Waals surface area (Å²) in [6.07, 6.45) is 0. The highest BCUT2D eigenvalue weighted by atomic mass is 16.5. The van der Waals surface area contributed by atoms with Gasteiger partial charge in [0.2, 0.25) is 0 Å². The molecule has 3 N–H and O–H groups in total. The Balaban J connectivity index is 1.56. The number of nitrogens with two attached hydrogens (primary N) is 1. The van der Waals surface area contributed by atoms with Gasteiger partial charge in [0.25, 0.3) is 0 Å². The van der Waals surface area contributed by atoms with Crippen LogP contribution in [0.25, 0.3) is 0 Å². The molecule has 4 nitrogen and oxygen atoms in total. The molecule has 0 bridgehead atoms. The van der Waals surface area contributed by atoms with E-state index in [1.807, 2.05) is 36.4 Å². The summed E-state index contributed by atoms with van der Waals surface area (Å²) in [5.74, 6) is 1.97. The van der Waals surface area contributed by atoms with E-state index >= 15 is 0 Å². The van der Waals surface area contributed by atoms with Crippen LogP contribution in [0, 0.1) is 5.41 Å². The molecule has 3 aromatic rings. The maximum Gasteiger partial charge on any atom is 0.155 e. The molecule has 0 unspecified atom stereocenters. The standard InChI is InChI=1S/C23H21N3O/c1-23(2,15-6-4-3-5-7-15)16-8-10-17(11-9-16)27-18-12-13-19-20(14-18)22(25)26-21(19)24/h3-14H,1-2H3,(H3,24,25,26). The van der Waals surface area contributed by atoms with Gasteiger partial charge in [-0.1, -0.05) is 56.3 Å². The highest BCUT2D eigenvalue weighted by Crippen LogP contribution is 2.33. The van der Waals surface area contributed by atoms with Gasteiger partial charge in [0.15, 0.2) is 5.84 Å². The molecule has 4 heteroatoms. The normalized spacial score (nSPS) is 13.3. The lowest BCUT2D eigenvalue weighted by atomic mass is 9.78. The van der Waals surface area contributed by atoms with Gasteiger partial charge in [0, 0.05) is 16.5 Å². The molecule has 3 aromatic carbocycles. The molecule has 1 aliphatic heterocycles. The van der Waals surface area contributed by atoms with Crippen LogP contribution in [0.1, 0.15) is 36.1 Å². The molecule has 0 saturated heterocycles. The highest BCUT2D eigenvalue weighted by molar-refractivity contribution is 6.20. The Kier molecular flexibility index (Phi) is 4.04. The van der Waals surface area contributed by atoms with E-state index in [9.17, 15) is 0 Å². The van der Waals surface area contributed by atoms with E-state index in [0.717, 1.165) is 11.3 Å². The van der Waals surface area contributed by atoms with Crippen LogP contribution in [-0.2, 0) is 5.41 Å². The first-order valence-corrected chi connectivity index (χ1v) is 8.86. The average Bonchev–Trinajstić information content (AvgIpc) is 2.96. The zero-order valence-corrected chi connectivity index (χ0v) is 15.4. The van der Waals surface area contributed by atoms with Gasteiger partial charge in [-0.2, -0.15) is 0 Å². The predicted octanol–water partition coefficient (Wildman–Crippen LogP) is 4.85. The fourth-order valence-electron chi connectivity index (χ4n) is 3.34. The molecule has 0 spiro atoms. The monoisotopic (exact) mass is 355 g/mol. The van der Waals surface area contributed by atoms with Gasteiger partial charge in [-0.15, -0.1) is 0 Å². The minimum atomic E-state index is -0.0860. The summed E-state index contributed by atoms with van der Waals surface area (Å²) < 4.78 is 5.97. The quantitative estimate of drug-likeness (QED) is 0.702. The fourth-order valence-corrected chi connectivity index (χ4v) is 3.34. The van der Waals surface area contributed by atoms with E-state index in [2.05, 4.69) is 55.2 Å². The molecule has 0 amide bonds. The topological polar surface area (TPSA) is 71.5 Å². The molecular weight excluding hydrogens is 334 g/mol. The van der Waals surface area contributed by atoms with Gasteiger partial charge < -0.3 is 10.5 Å². The summed E-state index contributed by atoms with van der Waals surface area (Å²) in [5, 5.41) is 7.89. The summed E-state index contributed by atoms with van der Waals surface area (Å²) >= 11 is 0. The number of benzene rings is 3. The third kappa shape index (κ3) is 3.10. The molecule has 0 aromatic heterocycles. The molecule has 0 radical (unpaired) electrons. The van der Waals surface area contributed by atoms with E-state index in [1.54, 1.807) is 0 Å². The average molecular weight is 355 g/mol. The lowest BCUT2D eigenvalue weighted by Crippen LogP contribution is -2.18. The molecule has 0 saturated carbocycles. The highest BCUT2D eigenvalue weighted by Gasteiger charge is 2.23. The van der Waals surface area contributed by atoms with Gasteiger partial charge in [0.1, 0.15) is 17.3 Å². The first-order chi connectivity index (χ1) is 12.9. The van der Waals surface area contributed by atoms with Crippen molar-refractivity contribution in [3.05, 3.63) is 95.1 Å². The van der Waals surface area contributed by atoms with Crippen molar-refractivity contribution in [3.63, 3.8) is 0 Å². The third-order valence-electron chi connectivity index (χ3n) is 5.06. The fraction of sp³-hybridized carbons (Fsp3) is 0.130. The molecule has 0 aliphatic carbocycles. The van der Waals surface area contributed by atoms with Crippen molar-refractivity contribution < 1.29 is 4.74 Å². The molecular formula is C23H21N3O. The second-order valence-corrected chi connectivity index (χ2v) is 7.17. The largest absolute Gasteiger partial charge is 0.457 e. The second kappa shape index (κ2) is 6.40. The van der Waals surface area contributed by atoms with Crippen molar-refractivity contribution >= 4 is 11.7 Å². The van der Waals surface area contributed by atoms with Crippen molar-refractivity contribution in [2.24, 2.45) is 10.7 Å². The molecule has 4 rings (SSSR count). The molecule has 0 atom stereocenters. The molecule has 134 valence electrons. The molecule has 27 heavy (non-hydrogen) atoms. The lowest BCUT2D eigenvalue weighted by Gasteiger charge is -2.26. The smallest absolute Gasteiger partial charge is 0.155 e. The van der Waals surface area contributed by atoms with Crippen LogP contribution in [0.4, 0.5) is 0 Å². The number of aliphatic imine (C=N–C) groups is 1. The number of amidine groups is 2. The van der Waals surface area contributed by atoms with E-state index in [-0.39, 0.29) is 11.3 Å². The summed E-state index contributed by atoms with van der Waals surface area (Å²) in [6.45, 7) is 4.43. The van der Waals surface area contributed by atoms with E-state index in [4.69, 9.17) is 15.9 Å². The van der Waals surface area contributed by atoms with Gasteiger partial charge in [-0.05, 0) is 41.5 Å². The number of ether oxygens (including phenoxy) is 1. The van der Waals surface area contributed by atoms with Gasteiger partial charge >= 0.3 is 0 Å². The Labute approximate surface area is 158 Å². The van der Waals surface area contributed by atoms with Crippen molar-refractivity contribution in [1.82, 2.24) is 0 Å². The summed E-state index contributed by atoms with van der Waals surface area (Å²) in [4.78, 5) is 3.99. The van der Waals surface area contributed by atoms with Gasteiger partial charge in [0.05, 0.1) is 0 Å². The number of hydrogen-bond donors (Lipinski definition) is 2. The maximum absolute atomic E-state index is 7.89. The van der Waals surface area contributed by atoms with Crippen LogP contribution >= 0.6 is 0 Å². The van der Waals surface area contributed by atoms with Crippen LogP contribution in [-0.4, -0.2) is 11.7 Å². The second-order valence-electron chi connectivity index (χ2n) is 7.17. The third-order valence-corrected chi connectivity index (χ3v) is 5.06. The van der Waals surface area contributed by atoms with Crippen molar-refractivity contribution in [2.75, 3.05) is 0 Å². The summed E-state index contributed by atoms with van der Waals surface area (Å²) in [6, 6.07) is 24.1. The molecule has 1 aliphatic rings. The molecule has 1 heterocycles. The minimum Gasteiger partial charge on any atom is -0.457 e. The van der Waals surface area contributed by atoms with Crippen LogP contribution < -0.4 is 10.5 Å². The predicted molar refractivity (Wildman–Crippen MR) is 109 cm³/mol. The van der Waals surface area contributed by atoms with Crippen molar-refractivity contribution in [2.45, 2.75) is 19.3 Å². The number of fused-ring (bicyclic) bond motifs is 1. The van der Waals surface area contributed by atoms with E-state index in [1.165, 1.54) is 11.1 Å². The number of nitrogens with one attached hydrogen (secondary N) is 1. The van der Waals surface area contributed by atoms with Crippen LogP contribution in [0.2, 0.25) is 0 Å². The lowest BCUT2D eigenvalue weighted by molar-refractivity contribution is 0.481. The van der Waals surface area contributed by atoms with Gasteiger partial charge in [-0.3, -0.25) is 5.41 Å². The number of rotatable bonds is 4. The van der Waals surface area contributed by atoms with E-state index < -0.39 is 0 Å². The maximum atomic E-state index is 7.89. The van der Waals surface area contributed by atoms with Crippen molar-refractivity contribution in [1.29, 1.82) is 5.41 Å². The Hall–Kier alpha value is -3.40. The zero-order valence-electron chi connectivity index (χ0n) is 15.4. The Bertz CT molecular complexity index is 1030. The minimum absolute atomic E-state index is 0.0860. The number of nitrogens with zero attached hydrogens (tertiary/aromatic N) is 1. The Morgan fingerprint density at radius 3 is 2.15 bits per heavy atom. The summed E-state index contributed by atoms with van der Waals surface area (Å²) in [7, 11) is 0. The van der Waals surface area contributed by atoms with Crippen molar-refractivity contribution in [3.8, 4) is 11.5 Å². The zero-order chi connectivity index (χ0) is 19.0. The Morgan fingerprint density at radius 2 is 1.44 bits per heavy atom. The first-order valence-electron chi connectivity index (χ1n) is 8.86. The van der Waals surface area contributed by atoms with Crippen LogP contribution in [0.5, 0.6) is 11.5 Å². The first kappa shape index (κ1) is 17.0. The number of hydrogen-bond acceptors (Lipinski definition) is 3. The summed E-state index contributed by atoms with van der Waals surface area (Å²) in [5.41, 5.74) is 9.70. The van der Waals surface area contributed by atoms with E-state index in [0.29, 0.717) is 17.1 Å². The molecule has 0 fully saturated rings. The van der Waals surface area contributed by atoms with Gasteiger partial charge in [-0.25, -0.2) is 4.99 Å². The van der Waals surface area contributed by atoms with Crippen LogP contribution in [0.15, 0.2) is 77.8 Å². The van der Waals surface area contributed by atoms with Crippen LogP contribution in [0.3, 0.4) is 0 Å². The Morgan fingerprint density at radius 1 is 0.815 bits per heavy atom. The SMILES string of the molecule is CC(C)(c1ccccc1)c1ccc(Oc2ccc3c(c2)C(=N)N=C3N)cc1.